The van der Waals surface area contributed by atoms with Gasteiger partial charge in [-0.25, -0.2) is 4.39 Å². The van der Waals surface area contributed by atoms with Gasteiger partial charge in [0.25, 0.3) is 0 Å². The number of halogens is 3. The van der Waals surface area contributed by atoms with Crippen molar-refractivity contribution in [1.82, 2.24) is 0 Å². The van der Waals surface area contributed by atoms with Crippen molar-refractivity contribution in [1.29, 1.82) is 0 Å². The fourth-order valence-corrected chi connectivity index (χ4v) is 3.16. The molecule has 0 saturated heterocycles. The van der Waals surface area contributed by atoms with Gasteiger partial charge in [0.2, 0.25) is 0 Å². The summed E-state index contributed by atoms with van der Waals surface area (Å²) < 4.78 is 13.3. The molecule has 0 saturated carbocycles. The van der Waals surface area contributed by atoms with Crippen LogP contribution in [0.3, 0.4) is 0 Å². The molecule has 1 aliphatic heterocycles. The van der Waals surface area contributed by atoms with Crippen LogP contribution in [0.2, 0.25) is 10.0 Å². The first-order valence-electron chi connectivity index (χ1n) is 5.72. The minimum atomic E-state index is -0.589. The Bertz CT molecular complexity index is 456. The maximum absolute atomic E-state index is 13.3. The first-order valence-corrected chi connectivity index (χ1v) is 7.46. The van der Waals surface area contributed by atoms with Crippen molar-refractivity contribution in [3.8, 4) is 0 Å². The van der Waals surface area contributed by atoms with Gasteiger partial charge in [-0.2, -0.15) is 0 Å². The van der Waals surface area contributed by atoms with Gasteiger partial charge in [0, 0.05) is 11.4 Å². The van der Waals surface area contributed by atoms with Crippen LogP contribution in [0.1, 0.15) is 19.8 Å². The monoisotopic (exact) mass is 306 g/mol. The van der Waals surface area contributed by atoms with Crippen molar-refractivity contribution >= 4 is 45.8 Å². The predicted molar refractivity (Wildman–Crippen MR) is 78.6 cm³/mol. The van der Waals surface area contributed by atoms with Gasteiger partial charge in [0.15, 0.2) is 11.0 Å². The van der Waals surface area contributed by atoms with Gasteiger partial charge in [0.1, 0.15) is 0 Å². The lowest BCUT2D eigenvalue weighted by atomic mass is 10.2. The first kappa shape index (κ1) is 14.0. The Morgan fingerprint density at radius 3 is 2.72 bits per heavy atom. The van der Waals surface area contributed by atoms with E-state index in [-0.39, 0.29) is 10.0 Å². The molecule has 1 atom stereocenters. The number of hydrogen-bond acceptors (Lipinski definition) is 3. The van der Waals surface area contributed by atoms with Crippen molar-refractivity contribution in [2.75, 3.05) is 11.1 Å². The zero-order chi connectivity index (χ0) is 13.1. The smallest absolute Gasteiger partial charge is 0.161 e. The minimum absolute atomic E-state index is 0.0125. The van der Waals surface area contributed by atoms with E-state index in [1.165, 1.54) is 12.1 Å². The van der Waals surface area contributed by atoms with Crippen LogP contribution in [0.25, 0.3) is 0 Å². The zero-order valence-corrected chi connectivity index (χ0v) is 12.2. The van der Waals surface area contributed by atoms with Crippen LogP contribution < -0.4 is 5.32 Å². The Balaban J connectivity index is 2.16. The molecule has 2 rings (SSSR count). The van der Waals surface area contributed by atoms with Crippen LogP contribution in [0.5, 0.6) is 0 Å². The van der Waals surface area contributed by atoms with Gasteiger partial charge in [-0.05, 0) is 25.0 Å². The number of amidine groups is 1. The van der Waals surface area contributed by atoms with Gasteiger partial charge < -0.3 is 5.32 Å². The molecule has 1 N–H and O–H groups in total. The molecular formula is C12H13Cl2FN2S. The molecular weight excluding hydrogens is 294 g/mol. The third kappa shape index (κ3) is 3.31. The van der Waals surface area contributed by atoms with E-state index in [1.54, 1.807) is 11.8 Å². The maximum atomic E-state index is 13.3. The topological polar surface area (TPSA) is 24.4 Å². The molecule has 0 bridgehead atoms. The Labute approximate surface area is 120 Å². The van der Waals surface area contributed by atoms with E-state index in [9.17, 15) is 4.39 Å². The zero-order valence-electron chi connectivity index (χ0n) is 9.84. The summed E-state index contributed by atoms with van der Waals surface area (Å²) in [6.45, 7) is 2.12. The van der Waals surface area contributed by atoms with Crippen molar-refractivity contribution in [2.24, 2.45) is 4.99 Å². The molecule has 2 nitrogen and oxygen atoms in total. The molecule has 1 aromatic carbocycles. The summed E-state index contributed by atoms with van der Waals surface area (Å²) in [4.78, 5) is 4.57. The van der Waals surface area contributed by atoms with E-state index >= 15 is 0 Å². The predicted octanol–water partition coefficient (Wildman–Crippen LogP) is 4.82. The van der Waals surface area contributed by atoms with Gasteiger partial charge in [0.05, 0.1) is 16.1 Å². The molecule has 0 fully saturated rings. The molecule has 0 amide bonds. The molecule has 18 heavy (non-hydrogen) atoms. The van der Waals surface area contributed by atoms with Crippen molar-refractivity contribution in [3.05, 3.63) is 28.0 Å². The average molecular weight is 307 g/mol. The molecule has 0 spiro atoms. The van der Waals surface area contributed by atoms with Crippen molar-refractivity contribution in [2.45, 2.75) is 25.8 Å². The van der Waals surface area contributed by atoms with E-state index in [0.29, 0.717) is 11.7 Å². The van der Waals surface area contributed by atoms with Crippen LogP contribution in [-0.2, 0) is 0 Å². The molecule has 1 heterocycles. The van der Waals surface area contributed by atoms with Crippen LogP contribution in [0.15, 0.2) is 17.1 Å². The number of benzene rings is 1. The van der Waals surface area contributed by atoms with Crippen LogP contribution in [-0.4, -0.2) is 17.0 Å². The number of anilines is 1. The quantitative estimate of drug-likeness (QED) is 0.792. The normalized spacial score (nSPS) is 19.6. The van der Waals surface area contributed by atoms with Gasteiger partial charge >= 0.3 is 0 Å². The van der Waals surface area contributed by atoms with E-state index in [0.717, 1.165) is 23.8 Å². The van der Waals surface area contributed by atoms with Crippen LogP contribution in [0.4, 0.5) is 10.1 Å². The third-order valence-corrected chi connectivity index (χ3v) is 4.17. The number of hydrogen-bond donors (Lipinski definition) is 1. The van der Waals surface area contributed by atoms with Gasteiger partial charge in [-0.3, -0.25) is 4.99 Å². The van der Waals surface area contributed by atoms with Crippen molar-refractivity contribution in [3.63, 3.8) is 0 Å². The standard InChI is InChI=1S/C12H13Cl2FN2S/c1-2-7-3-4-18-12(16-7)17-8-5-9(13)11(15)10(14)6-8/h5-7H,2-4H2,1H3,(H,16,17). The molecule has 0 radical (unpaired) electrons. The number of thioether (sulfide) groups is 1. The van der Waals surface area contributed by atoms with Crippen molar-refractivity contribution < 1.29 is 4.39 Å². The summed E-state index contributed by atoms with van der Waals surface area (Å²) in [5.74, 6) is 0.445. The first-order chi connectivity index (χ1) is 8.60. The van der Waals surface area contributed by atoms with E-state index in [1.807, 2.05) is 0 Å². The van der Waals surface area contributed by atoms with E-state index in [4.69, 9.17) is 23.2 Å². The number of rotatable bonds is 2. The second-order valence-electron chi connectivity index (χ2n) is 4.01. The van der Waals surface area contributed by atoms with E-state index in [2.05, 4.69) is 17.2 Å². The molecule has 98 valence electrons. The highest BCUT2D eigenvalue weighted by molar-refractivity contribution is 8.14. The molecule has 0 aromatic heterocycles. The largest absolute Gasteiger partial charge is 0.335 e. The lowest BCUT2D eigenvalue weighted by molar-refractivity contribution is 0.629. The molecule has 1 unspecified atom stereocenters. The highest BCUT2D eigenvalue weighted by Crippen LogP contribution is 2.29. The third-order valence-electron chi connectivity index (χ3n) is 2.70. The lowest BCUT2D eigenvalue weighted by Gasteiger charge is -2.19. The molecule has 1 aromatic rings. The Kier molecular flexibility index (Phi) is 4.76. The fourth-order valence-electron chi connectivity index (χ4n) is 1.67. The average Bonchev–Trinajstić information content (AvgIpc) is 2.36. The number of nitrogens with zero attached hydrogens (tertiary/aromatic N) is 1. The summed E-state index contributed by atoms with van der Waals surface area (Å²) in [5.41, 5.74) is 0.661. The Morgan fingerprint density at radius 1 is 1.44 bits per heavy atom. The second kappa shape index (κ2) is 6.13. The van der Waals surface area contributed by atoms with Gasteiger partial charge in [-0.15, -0.1) is 0 Å². The fraction of sp³-hybridized carbons (Fsp3) is 0.417. The van der Waals surface area contributed by atoms with E-state index < -0.39 is 5.82 Å². The summed E-state index contributed by atoms with van der Waals surface area (Å²) in [6.07, 6.45) is 2.12. The molecule has 6 heteroatoms. The summed E-state index contributed by atoms with van der Waals surface area (Å²) in [6, 6.07) is 3.39. The summed E-state index contributed by atoms with van der Waals surface area (Å²) in [5, 5.41) is 4.00. The maximum Gasteiger partial charge on any atom is 0.161 e. The molecule has 0 aliphatic carbocycles. The highest BCUT2D eigenvalue weighted by atomic mass is 35.5. The van der Waals surface area contributed by atoms with Gasteiger partial charge in [-0.1, -0.05) is 41.9 Å². The SMILES string of the molecule is CCC1CCSC(Nc2cc(Cl)c(F)c(Cl)c2)=N1. The number of aliphatic imine (C=N–C) groups is 1. The highest BCUT2D eigenvalue weighted by Gasteiger charge is 2.15. The second-order valence-corrected chi connectivity index (χ2v) is 5.91. The van der Waals surface area contributed by atoms with Crippen LogP contribution >= 0.6 is 35.0 Å². The van der Waals surface area contributed by atoms with Crippen LogP contribution in [0, 0.1) is 5.82 Å². The summed E-state index contributed by atoms with van der Waals surface area (Å²) in [7, 11) is 0. The lowest BCUT2D eigenvalue weighted by Crippen LogP contribution is -2.19. The Hall–Kier alpha value is -0.450. The number of nitrogens with one attached hydrogen (secondary N) is 1. The minimum Gasteiger partial charge on any atom is -0.335 e. The Morgan fingerprint density at radius 2 is 2.11 bits per heavy atom. The molecule has 1 aliphatic rings. The summed E-state index contributed by atoms with van der Waals surface area (Å²) >= 11 is 13.1.